The summed E-state index contributed by atoms with van der Waals surface area (Å²) in [4.78, 5) is 0. The van der Waals surface area contributed by atoms with E-state index < -0.39 is 9.84 Å². The van der Waals surface area contributed by atoms with Crippen LogP contribution in [-0.4, -0.2) is 34.0 Å². The second-order valence-electron chi connectivity index (χ2n) is 1.81. The number of rotatable bonds is 4. The highest BCUT2D eigenvalue weighted by atomic mass is 32.2. The van der Waals surface area contributed by atoms with Crippen LogP contribution < -0.4 is 10.9 Å². The third-order valence-corrected chi connectivity index (χ3v) is 1.72. The summed E-state index contributed by atoms with van der Waals surface area (Å²) in [5, 5.41) is 0. The van der Waals surface area contributed by atoms with Crippen LogP contribution in [0.3, 0.4) is 0 Å². The van der Waals surface area contributed by atoms with E-state index in [2.05, 4.69) is 10.9 Å². The van der Waals surface area contributed by atoms with Gasteiger partial charge < -0.3 is 0 Å². The van der Waals surface area contributed by atoms with E-state index in [1.807, 2.05) is 0 Å². The van der Waals surface area contributed by atoms with Crippen LogP contribution in [0.25, 0.3) is 0 Å². The van der Waals surface area contributed by atoms with E-state index in [0.29, 0.717) is 6.54 Å². The van der Waals surface area contributed by atoms with Crippen molar-refractivity contribution in [2.45, 2.75) is 0 Å². The molecule has 0 atom stereocenters. The van der Waals surface area contributed by atoms with Crippen LogP contribution >= 0.6 is 0 Å². The summed E-state index contributed by atoms with van der Waals surface area (Å²) >= 11 is 0. The predicted molar refractivity (Wildman–Crippen MR) is 36.8 cm³/mol. The first kappa shape index (κ1) is 8.87. The first-order valence-electron chi connectivity index (χ1n) is 2.63. The Kier molecular flexibility index (Phi) is 3.76. The van der Waals surface area contributed by atoms with Gasteiger partial charge in [0.25, 0.3) is 0 Å². The predicted octanol–water partition coefficient (Wildman–Crippen LogP) is -1.24. The number of sulfone groups is 1. The molecule has 0 aromatic rings. The van der Waals surface area contributed by atoms with Crippen molar-refractivity contribution in [3.63, 3.8) is 0 Å². The van der Waals surface area contributed by atoms with Crippen LogP contribution in [0, 0.1) is 0 Å². The van der Waals surface area contributed by atoms with E-state index in [4.69, 9.17) is 0 Å². The van der Waals surface area contributed by atoms with Gasteiger partial charge in [0.05, 0.1) is 5.75 Å². The third kappa shape index (κ3) is 7.87. The summed E-state index contributed by atoms with van der Waals surface area (Å²) in [5.41, 5.74) is 5.30. The molecule has 0 bridgehead atoms. The Morgan fingerprint density at radius 2 is 2.00 bits per heavy atom. The molecule has 2 N–H and O–H groups in total. The highest BCUT2D eigenvalue weighted by Gasteiger charge is 1.98. The molecular weight excluding hydrogens is 140 g/mol. The topological polar surface area (TPSA) is 58.2 Å². The first-order valence-corrected chi connectivity index (χ1v) is 4.69. The van der Waals surface area contributed by atoms with Gasteiger partial charge in [-0.3, -0.25) is 10.9 Å². The zero-order chi connectivity index (χ0) is 7.33. The fourth-order valence-corrected chi connectivity index (χ4v) is 0.834. The SMILES string of the molecule is CNNCCS(C)(=O)=O. The largest absolute Gasteiger partial charge is 0.261 e. The fourth-order valence-electron chi connectivity index (χ4n) is 0.361. The zero-order valence-corrected chi connectivity index (χ0v) is 6.46. The highest BCUT2D eigenvalue weighted by Crippen LogP contribution is 1.77. The van der Waals surface area contributed by atoms with Gasteiger partial charge in [0, 0.05) is 12.8 Å². The second kappa shape index (κ2) is 3.81. The molecule has 0 unspecified atom stereocenters. The molecule has 0 aromatic carbocycles. The van der Waals surface area contributed by atoms with Gasteiger partial charge >= 0.3 is 0 Å². The van der Waals surface area contributed by atoms with Crippen LogP contribution in [0.2, 0.25) is 0 Å². The fraction of sp³-hybridized carbons (Fsp3) is 1.00. The van der Waals surface area contributed by atoms with Crippen LogP contribution in [-0.2, 0) is 9.84 Å². The van der Waals surface area contributed by atoms with E-state index >= 15 is 0 Å². The average molecular weight is 152 g/mol. The van der Waals surface area contributed by atoms with E-state index in [1.54, 1.807) is 7.05 Å². The van der Waals surface area contributed by atoms with Crippen molar-refractivity contribution in [2.75, 3.05) is 25.6 Å². The quantitative estimate of drug-likeness (QED) is 0.390. The van der Waals surface area contributed by atoms with Crippen molar-refractivity contribution in [2.24, 2.45) is 0 Å². The minimum Gasteiger partial charge on any atom is -0.261 e. The molecule has 56 valence electrons. The van der Waals surface area contributed by atoms with Crippen molar-refractivity contribution in [3.05, 3.63) is 0 Å². The lowest BCUT2D eigenvalue weighted by molar-refractivity contribution is 0.584. The Labute approximate surface area is 55.5 Å². The molecule has 0 aromatic heterocycles. The molecule has 0 saturated heterocycles. The molecule has 0 spiro atoms. The third-order valence-electron chi connectivity index (χ3n) is 0.775. The van der Waals surface area contributed by atoms with Crippen LogP contribution in [0.15, 0.2) is 0 Å². The van der Waals surface area contributed by atoms with Gasteiger partial charge in [-0.25, -0.2) is 8.42 Å². The summed E-state index contributed by atoms with van der Waals surface area (Å²) in [6.07, 6.45) is 1.21. The molecule has 9 heavy (non-hydrogen) atoms. The molecule has 0 fully saturated rings. The Morgan fingerprint density at radius 3 is 2.33 bits per heavy atom. The second-order valence-corrected chi connectivity index (χ2v) is 4.07. The Balaban J connectivity index is 3.30. The maximum Gasteiger partial charge on any atom is 0.148 e. The van der Waals surface area contributed by atoms with E-state index in [-0.39, 0.29) is 5.75 Å². The normalized spacial score (nSPS) is 11.8. The van der Waals surface area contributed by atoms with Gasteiger partial charge in [0.1, 0.15) is 9.84 Å². The standard InChI is InChI=1S/C4H12N2O2S/c1-5-6-3-4-9(2,7)8/h5-6H,3-4H2,1-2H3. The molecule has 5 heteroatoms. The number of hydrazine groups is 1. The van der Waals surface area contributed by atoms with Crippen molar-refractivity contribution in [3.8, 4) is 0 Å². The summed E-state index contributed by atoms with van der Waals surface area (Å²) in [5.74, 6) is 0.174. The first-order chi connectivity index (χ1) is 4.06. The summed E-state index contributed by atoms with van der Waals surface area (Å²) in [7, 11) is -1.10. The van der Waals surface area contributed by atoms with Crippen molar-refractivity contribution < 1.29 is 8.42 Å². The highest BCUT2D eigenvalue weighted by molar-refractivity contribution is 7.90. The zero-order valence-electron chi connectivity index (χ0n) is 5.64. The average Bonchev–Trinajstić information content (AvgIpc) is 1.63. The lowest BCUT2D eigenvalue weighted by atomic mass is 10.8. The molecule has 0 aliphatic heterocycles. The van der Waals surface area contributed by atoms with Gasteiger partial charge in [-0.15, -0.1) is 0 Å². The summed E-state index contributed by atoms with van der Waals surface area (Å²) in [6, 6.07) is 0. The number of hydrogen-bond acceptors (Lipinski definition) is 4. The summed E-state index contributed by atoms with van der Waals surface area (Å²) < 4.78 is 20.9. The smallest absolute Gasteiger partial charge is 0.148 e. The minimum absolute atomic E-state index is 0.174. The van der Waals surface area contributed by atoms with Crippen LogP contribution in [0.5, 0.6) is 0 Å². The van der Waals surface area contributed by atoms with Gasteiger partial charge in [0.2, 0.25) is 0 Å². The molecule has 0 heterocycles. The van der Waals surface area contributed by atoms with E-state index in [1.165, 1.54) is 6.26 Å². The molecule has 0 aliphatic carbocycles. The number of nitrogens with one attached hydrogen (secondary N) is 2. The maximum atomic E-state index is 10.4. The lowest BCUT2D eigenvalue weighted by Gasteiger charge is -1.98. The molecule has 0 rings (SSSR count). The maximum absolute atomic E-state index is 10.4. The summed E-state index contributed by atoms with van der Waals surface area (Å²) in [6.45, 7) is 0.454. The monoisotopic (exact) mass is 152 g/mol. The molecule has 0 radical (unpaired) electrons. The van der Waals surface area contributed by atoms with Gasteiger partial charge in [-0.05, 0) is 7.05 Å². The van der Waals surface area contributed by atoms with Crippen LogP contribution in [0.1, 0.15) is 0 Å². The molecule has 0 aliphatic rings. The van der Waals surface area contributed by atoms with Gasteiger partial charge in [-0.1, -0.05) is 0 Å². The minimum atomic E-state index is -2.80. The Morgan fingerprint density at radius 1 is 1.44 bits per heavy atom. The molecule has 4 nitrogen and oxygen atoms in total. The van der Waals surface area contributed by atoms with Gasteiger partial charge in [-0.2, -0.15) is 0 Å². The van der Waals surface area contributed by atoms with E-state index in [9.17, 15) is 8.42 Å². The van der Waals surface area contributed by atoms with E-state index in [0.717, 1.165) is 0 Å². The Hall–Kier alpha value is -0.130. The lowest BCUT2D eigenvalue weighted by Crippen LogP contribution is -2.32. The van der Waals surface area contributed by atoms with Crippen molar-refractivity contribution in [1.29, 1.82) is 0 Å². The molecule has 0 saturated carbocycles. The molecular formula is C4H12N2O2S. The number of hydrogen-bond donors (Lipinski definition) is 2. The Bertz CT molecular complexity index is 152. The van der Waals surface area contributed by atoms with Crippen molar-refractivity contribution in [1.82, 2.24) is 10.9 Å². The molecule has 0 amide bonds. The van der Waals surface area contributed by atoms with Crippen LogP contribution in [0.4, 0.5) is 0 Å². The van der Waals surface area contributed by atoms with Gasteiger partial charge in [0.15, 0.2) is 0 Å². The van der Waals surface area contributed by atoms with Crippen molar-refractivity contribution >= 4 is 9.84 Å².